The van der Waals surface area contributed by atoms with Crippen LogP contribution in [0.4, 0.5) is 0 Å². The van der Waals surface area contributed by atoms with Gasteiger partial charge in [0.2, 0.25) is 11.8 Å². The molecule has 0 aliphatic carbocycles. The van der Waals surface area contributed by atoms with Gasteiger partial charge in [-0.2, -0.15) is 0 Å². The zero-order chi connectivity index (χ0) is 10.2. The molecule has 2 saturated heterocycles. The van der Waals surface area contributed by atoms with Crippen molar-refractivity contribution in [2.45, 2.75) is 25.3 Å². The predicted octanol–water partition coefficient (Wildman–Crippen LogP) is -1.27. The van der Waals surface area contributed by atoms with Crippen LogP contribution in [-0.4, -0.2) is 30.9 Å². The van der Waals surface area contributed by atoms with Crippen LogP contribution in [0.2, 0.25) is 0 Å². The number of carbonyl (C=O) groups is 2. The van der Waals surface area contributed by atoms with Crippen molar-refractivity contribution >= 4 is 11.8 Å². The van der Waals surface area contributed by atoms with Gasteiger partial charge < -0.3 is 16.4 Å². The molecule has 0 aromatic heterocycles. The highest BCUT2D eigenvalue weighted by atomic mass is 16.2. The second-order valence-corrected chi connectivity index (χ2v) is 4.18. The third kappa shape index (κ3) is 1.37. The third-order valence-electron chi connectivity index (χ3n) is 3.22. The lowest BCUT2D eigenvalue weighted by molar-refractivity contribution is -0.132. The van der Waals surface area contributed by atoms with E-state index in [4.69, 9.17) is 5.73 Å². The second kappa shape index (κ2) is 3.24. The highest BCUT2D eigenvalue weighted by molar-refractivity contribution is 5.87. The van der Waals surface area contributed by atoms with E-state index in [0.717, 1.165) is 19.4 Å². The predicted molar refractivity (Wildman–Crippen MR) is 50.3 cm³/mol. The van der Waals surface area contributed by atoms with Crippen molar-refractivity contribution in [2.75, 3.05) is 13.1 Å². The molecule has 5 nitrogen and oxygen atoms in total. The van der Waals surface area contributed by atoms with E-state index in [1.54, 1.807) is 0 Å². The van der Waals surface area contributed by atoms with Crippen molar-refractivity contribution in [3.8, 4) is 0 Å². The lowest BCUT2D eigenvalue weighted by Crippen LogP contribution is -2.47. The molecule has 2 aliphatic heterocycles. The van der Waals surface area contributed by atoms with E-state index >= 15 is 0 Å². The fraction of sp³-hybridized carbons (Fsp3) is 0.778. The van der Waals surface area contributed by atoms with Crippen LogP contribution in [0.5, 0.6) is 0 Å². The van der Waals surface area contributed by atoms with Crippen LogP contribution in [0.3, 0.4) is 0 Å². The summed E-state index contributed by atoms with van der Waals surface area (Å²) in [6.45, 7) is 1.33. The number of hydrogen-bond donors (Lipinski definition) is 3. The maximum absolute atomic E-state index is 11.7. The van der Waals surface area contributed by atoms with Crippen LogP contribution in [-0.2, 0) is 9.59 Å². The van der Waals surface area contributed by atoms with Crippen molar-refractivity contribution in [1.82, 2.24) is 10.6 Å². The first-order valence-corrected chi connectivity index (χ1v) is 4.95. The van der Waals surface area contributed by atoms with Gasteiger partial charge in [0.1, 0.15) is 0 Å². The van der Waals surface area contributed by atoms with Gasteiger partial charge in [0.15, 0.2) is 0 Å². The van der Waals surface area contributed by atoms with E-state index < -0.39 is 0 Å². The number of nitrogens with two attached hydrogens (primary N) is 1. The molecule has 0 radical (unpaired) electrons. The topological polar surface area (TPSA) is 84.2 Å². The average Bonchev–Trinajstić information content (AvgIpc) is 2.56. The standard InChI is InChI=1S/C9H15N3O2/c10-7(13)6-4-9(5-12-6)2-1-3-11-8(9)14/h6,12H,1-5H2,(H2,10,13)(H,11,14). The highest BCUT2D eigenvalue weighted by Gasteiger charge is 2.47. The largest absolute Gasteiger partial charge is 0.368 e. The van der Waals surface area contributed by atoms with E-state index in [-0.39, 0.29) is 23.3 Å². The van der Waals surface area contributed by atoms with Crippen LogP contribution in [0.25, 0.3) is 0 Å². The summed E-state index contributed by atoms with van der Waals surface area (Å²) >= 11 is 0. The van der Waals surface area contributed by atoms with E-state index in [1.165, 1.54) is 0 Å². The minimum absolute atomic E-state index is 0.0694. The minimum Gasteiger partial charge on any atom is -0.368 e. The van der Waals surface area contributed by atoms with E-state index in [1.807, 2.05) is 0 Å². The Kier molecular flexibility index (Phi) is 2.19. The van der Waals surface area contributed by atoms with Gasteiger partial charge in [0, 0.05) is 13.1 Å². The Hall–Kier alpha value is -1.10. The zero-order valence-electron chi connectivity index (χ0n) is 8.01. The molecule has 2 fully saturated rings. The molecule has 0 saturated carbocycles. The molecule has 5 heteroatoms. The van der Waals surface area contributed by atoms with Gasteiger partial charge in [-0.15, -0.1) is 0 Å². The van der Waals surface area contributed by atoms with E-state index in [2.05, 4.69) is 10.6 Å². The van der Waals surface area contributed by atoms with Gasteiger partial charge in [-0.1, -0.05) is 0 Å². The lowest BCUT2D eigenvalue weighted by Gasteiger charge is -2.31. The summed E-state index contributed by atoms with van der Waals surface area (Å²) in [5.74, 6) is -0.291. The first-order valence-electron chi connectivity index (χ1n) is 4.95. The molecule has 2 unspecified atom stereocenters. The van der Waals surface area contributed by atoms with Gasteiger partial charge in [-0.05, 0) is 19.3 Å². The fourth-order valence-electron chi connectivity index (χ4n) is 2.35. The highest BCUT2D eigenvalue weighted by Crippen LogP contribution is 2.35. The monoisotopic (exact) mass is 197 g/mol. The third-order valence-corrected chi connectivity index (χ3v) is 3.22. The number of rotatable bonds is 1. The summed E-state index contributed by atoms with van der Waals surface area (Å²) in [5, 5.41) is 5.85. The van der Waals surface area contributed by atoms with Crippen LogP contribution in [0.1, 0.15) is 19.3 Å². The molecule has 0 bridgehead atoms. The van der Waals surface area contributed by atoms with Crippen LogP contribution in [0, 0.1) is 5.41 Å². The van der Waals surface area contributed by atoms with E-state index in [9.17, 15) is 9.59 Å². The first kappa shape index (κ1) is 9.45. The van der Waals surface area contributed by atoms with Crippen molar-refractivity contribution in [3.63, 3.8) is 0 Å². The molecule has 4 N–H and O–H groups in total. The number of piperidine rings is 1. The molecule has 2 atom stereocenters. The number of primary amides is 1. The van der Waals surface area contributed by atoms with Gasteiger partial charge in [0.25, 0.3) is 0 Å². The van der Waals surface area contributed by atoms with Crippen molar-refractivity contribution in [3.05, 3.63) is 0 Å². The Morgan fingerprint density at radius 3 is 2.93 bits per heavy atom. The van der Waals surface area contributed by atoms with Crippen LogP contribution < -0.4 is 16.4 Å². The van der Waals surface area contributed by atoms with Gasteiger partial charge in [0.05, 0.1) is 11.5 Å². The average molecular weight is 197 g/mol. The molecule has 2 amide bonds. The van der Waals surface area contributed by atoms with Gasteiger partial charge in [-0.3, -0.25) is 9.59 Å². The lowest BCUT2D eigenvalue weighted by atomic mass is 9.78. The molecular formula is C9H15N3O2. The van der Waals surface area contributed by atoms with E-state index in [0.29, 0.717) is 13.0 Å². The molecule has 1 spiro atoms. The van der Waals surface area contributed by atoms with Crippen LogP contribution >= 0.6 is 0 Å². The van der Waals surface area contributed by atoms with Crippen molar-refractivity contribution in [1.29, 1.82) is 0 Å². The molecule has 0 aromatic carbocycles. The Balaban J connectivity index is 2.10. The number of amides is 2. The number of nitrogens with one attached hydrogen (secondary N) is 2. The van der Waals surface area contributed by atoms with Crippen molar-refractivity contribution in [2.24, 2.45) is 11.1 Å². The number of hydrogen-bond acceptors (Lipinski definition) is 3. The smallest absolute Gasteiger partial charge is 0.234 e. The molecular weight excluding hydrogens is 182 g/mol. The maximum atomic E-state index is 11.7. The summed E-state index contributed by atoms with van der Waals surface area (Å²) in [5.41, 5.74) is 4.82. The Labute approximate surface area is 82.4 Å². The molecule has 2 heterocycles. The summed E-state index contributed by atoms with van der Waals surface area (Å²) in [4.78, 5) is 22.6. The Morgan fingerprint density at radius 2 is 2.36 bits per heavy atom. The normalized spacial score (nSPS) is 37.1. The first-order chi connectivity index (χ1) is 6.64. The number of carbonyl (C=O) groups excluding carboxylic acids is 2. The molecule has 0 aromatic rings. The zero-order valence-corrected chi connectivity index (χ0v) is 8.01. The van der Waals surface area contributed by atoms with Crippen LogP contribution in [0.15, 0.2) is 0 Å². The van der Waals surface area contributed by atoms with Gasteiger partial charge >= 0.3 is 0 Å². The van der Waals surface area contributed by atoms with Crippen molar-refractivity contribution < 1.29 is 9.59 Å². The maximum Gasteiger partial charge on any atom is 0.234 e. The summed E-state index contributed by atoms with van der Waals surface area (Å²) in [6.07, 6.45) is 2.39. The second-order valence-electron chi connectivity index (χ2n) is 4.18. The molecule has 78 valence electrons. The fourth-order valence-corrected chi connectivity index (χ4v) is 2.35. The molecule has 14 heavy (non-hydrogen) atoms. The Bertz CT molecular complexity index is 279. The SMILES string of the molecule is NC(=O)C1CC2(CCCNC2=O)CN1. The minimum atomic E-state index is -0.377. The summed E-state index contributed by atoms with van der Waals surface area (Å²) in [7, 11) is 0. The molecule has 2 rings (SSSR count). The Morgan fingerprint density at radius 1 is 1.57 bits per heavy atom. The molecule has 2 aliphatic rings. The van der Waals surface area contributed by atoms with Gasteiger partial charge in [-0.25, -0.2) is 0 Å². The quantitative estimate of drug-likeness (QED) is 0.490. The summed E-state index contributed by atoms with van der Waals surface area (Å²) in [6, 6.07) is -0.334. The summed E-state index contributed by atoms with van der Waals surface area (Å²) < 4.78 is 0.